The minimum atomic E-state index is -0.956. The Morgan fingerprint density at radius 1 is 1.25 bits per heavy atom. The number of aromatic amines is 1. The van der Waals surface area contributed by atoms with Gasteiger partial charge < -0.3 is 14.7 Å². The van der Waals surface area contributed by atoms with Crippen LogP contribution < -0.4 is 4.90 Å². The monoisotopic (exact) mass is 327 g/mol. The lowest BCUT2D eigenvalue weighted by Crippen LogP contribution is -2.37. The lowest BCUT2D eigenvalue weighted by molar-refractivity contribution is 0.0801. The van der Waals surface area contributed by atoms with Crippen molar-refractivity contribution in [3.8, 4) is 5.82 Å². The van der Waals surface area contributed by atoms with Crippen LogP contribution in [0.3, 0.4) is 0 Å². The standard InChI is InChI=1S/C17H21N5O2/c1-17(2,23)13-11-15(21-7-9-24-10-8-21)19-16-12(13)4-6-22(16)14-3-5-18-20-14/h3-6,11,23H,7-10H2,1-2H3,(H,18,20). The molecule has 0 saturated carbocycles. The number of anilines is 1. The molecule has 0 amide bonds. The van der Waals surface area contributed by atoms with Crippen LogP contribution in [0.1, 0.15) is 19.4 Å². The molecule has 0 radical (unpaired) electrons. The van der Waals surface area contributed by atoms with Gasteiger partial charge in [-0.3, -0.25) is 9.67 Å². The summed E-state index contributed by atoms with van der Waals surface area (Å²) < 4.78 is 7.40. The number of hydrogen-bond acceptors (Lipinski definition) is 5. The van der Waals surface area contributed by atoms with E-state index in [9.17, 15) is 5.11 Å². The van der Waals surface area contributed by atoms with Crippen molar-refractivity contribution in [2.24, 2.45) is 0 Å². The maximum atomic E-state index is 10.6. The van der Waals surface area contributed by atoms with Gasteiger partial charge in [-0.2, -0.15) is 5.10 Å². The lowest BCUT2D eigenvalue weighted by Gasteiger charge is -2.29. The van der Waals surface area contributed by atoms with Gasteiger partial charge in [0, 0.05) is 30.7 Å². The Labute approximate surface area is 139 Å². The molecule has 0 bridgehead atoms. The van der Waals surface area contributed by atoms with Gasteiger partial charge in [0.15, 0.2) is 0 Å². The maximum absolute atomic E-state index is 10.6. The fourth-order valence-corrected chi connectivity index (χ4v) is 3.13. The third-order valence-electron chi connectivity index (χ3n) is 4.38. The summed E-state index contributed by atoms with van der Waals surface area (Å²) in [5.41, 5.74) is 0.718. The number of morpholine rings is 1. The number of aliphatic hydroxyl groups is 1. The van der Waals surface area contributed by atoms with Crippen molar-refractivity contribution in [3.63, 3.8) is 0 Å². The van der Waals surface area contributed by atoms with Crippen LogP contribution in [0, 0.1) is 0 Å². The SMILES string of the molecule is CC(C)(O)c1cc(N2CCOCC2)nc2c1ccn2-c1ccn[nH]1. The van der Waals surface area contributed by atoms with Gasteiger partial charge >= 0.3 is 0 Å². The molecule has 24 heavy (non-hydrogen) atoms. The first-order valence-electron chi connectivity index (χ1n) is 8.11. The van der Waals surface area contributed by atoms with Crippen LogP contribution in [-0.2, 0) is 10.3 Å². The van der Waals surface area contributed by atoms with Gasteiger partial charge in [0.05, 0.1) is 25.0 Å². The lowest BCUT2D eigenvalue weighted by atomic mass is 9.96. The molecule has 1 saturated heterocycles. The molecule has 4 rings (SSSR count). The molecule has 3 aromatic heterocycles. The molecule has 0 spiro atoms. The largest absolute Gasteiger partial charge is 0.386 e. The highest BCUT2D eigenvalue weighted by Crippen LogP contribution is 2.32. The Morgan fingerprint density at radius 2 is 2.04 bits per heavy atom. The normalized spacial score (nSPS) is 16.0. The molecule has 4 heterocycles. The van der Waals surface area contributed by atoms with Crippen molar-refractivity contribution in [2.45, 2.75) is 19.4 Å². The van der Waals surface area contributed by atoms with Gasteiger partial charge in [0.25, 0.3) is 0 Å². The molecule has 0 atom stereocenters. The summed E-state index contributed by atoms with van der Waals surface area (Å²) in [6, 6.07) is 5.87. The van der Waals surface area contributed by atoms with Crippen LogP contribution in [0.5, 0.6) is 0 Å². The third-order valence-corrected chi connectivity index (χ3v) is 4.38. The maximum Gasteiger partial charge on any atom is 0.148 e. The van der Waals surface area contributed by atoms with E-state index >= 15 is 0 Å². The molecule has 7 heteroatoms. The molecule has 7 nitrogen and oxygen atoms in total. The summed E-state index contributed by atoms with van der Waals surface area (Å²) in [6.07, 6.45) is 3.66. The van der Waals surface area contributed by atoms with Crippen molar-refractivity contribution in [3.05, 3.63) is 36.2 Å². The van der Waals surface area contributed by atoms with Crippen molar-refractivity contribution in [1.29, 1.82) is 0 Å². The average Bonchev–Trinajstić information content (AvgIpc) is 3.22. The molecule has 1 aliphatic rings. The Bertz CT molecular complexity index is 842. The van der Waals surface area contributed by atoms with E-state index in [0.717, 1.165) is 41.3 Å². The second kappa shape index (κ2) is 5.61. The van der Waals surface area contributed by atoms with E-state index in [1.807, 2.05) is 29.0 Å². The van der Waals surface area contributed by atoms with Crippen molar-refractivity contribution in [1.82, 2.24) is 19.7 Å². The molecule has 2 N–H and O–H groups in total. The number of aromatic nitrogens is 4. The number of nitrogens with one attached hydrogen (secondary N) is 1. The van der Waals surface area contributed by atoms with E-state index in [1.165, 1.54) is 0 Å². The van der Waals surface area contributed by atoms with E-state index in [4.69, 9.17) is 9.72 Å². The van der Waals surface area contributed by atoms with E-state index < -0.39 is 5.60 Å². The van der Waals surface area contributed by atoms with Crippen molar-refractivity contribution >= 4 is 16.9 Å². The highest BCUT2D eigenvalue weighted by atomic mass is 16.5. The Balaban J connectivity index is 1.92. The van der Waals surface area contributed by atoms with Gasteiger partial charge in [0.2, 0.25) is 0 Å². The Morgan fingerprint density at radius 3 is 2.71 bits per heavy atom. The molecular weight excluding hydrogens is 306 g/mol. The Hall–Kier alpha value is -2.38. The quantitative estimate of drug-likeness (QED) is 0.767. The van der Waals surface area contributed by atoms with E-state index in [2.05, 4.69) is 15.1 Å². The molecule has 0 aromatic carbocycles. The number of fused-ring (bicyclic) bond motifs is 1. The first-order chi connectivity index (χ1) is 11.5. The minimum Gasteiger partial charge on any atom is -0.386 e. The molecule has 0 aliphatic carbocycles. The molecule has 126 valence electrons. The molecular formula is C17H21N5O2. The zero-order valence-electron chi connectivity index (χ0n) is 13.9. The predicted octanol–water partition coefficient (Wildman–Crippen LogP) is 1.81. The van der Waals surface area contributed by atoms with Crippen LogP contribution in [0.2, 0.25) is 0 Å². The summed E-state index contributed by atoms with van der Waals surface area (Å²) in [5, 5.41) is 18.6. The molecule has 1 aliphatic heterocycles. The number of ether oxygens (including phenoxy) is 1. The second-order valence-corrected chi connectivity index (χ2v) is 6.55. The average molecular weight is 327 g/mol. The van der Waals surface area contributed by atoms with Crippen molar-refractivity contribution in [2.75, 3.05) is 31.2 Å². The van der Waals surface area contributed by atoms with Gasteiger partial charge in [-0.05, 0) is 31.5 Å². The van der Waals surface area contributed by atoms with E-state index in [-0.39, 0.29) is 0 Å². The molecule has 0 unspecified atom stereocenters. The summed E-state index contributed by atoms with van der Waals surface area (Å²) >= 11 is 0. The minimum absolute atomic E-state index is 0.694. The summed E-state index contributed by atoms with van der Waals surface area (Å²) in [5.74, 6) is 1.71. The van der Waals surface area contributed by atoms with Crippen molar-refractivity contribution < 1.29 is 9.84 Å². The fourth-order valence-electron chi connectivity index (χ4n) is 3.13. The number of nitrogens with zero attached hydrogens (tertiary/aromatic N) is 4. The zero-order valence-corrected chi connectivity index (χ0v) is 13.9. The van der Waals surface area contributed by atoms with Crippen LogP contribution in [0.25, 0.3) is 16.9 Å². The fraction of sp³-hybridized carbons (Fsp3) is 0.412. The summed E-state index contributed by atoms with van der Waals surface area (Å²) in [6.45, 7) is 6.60. The topological polar surface area (TPSA) is 79.2 Å². The zero-order chi connectivity index (χ0) is 16.7. The smallest absolute Gasteiger partial charge is 0.148 e. The first-order valence-corrected chi connectivity index (χ1v) is 8.11. The van der Waals surface area contributed by atoms with Gasteiger partial charge in [-0.25, -0.2) is 4.98 Å². The summed E-state index contributed by atoms with van der Waals surface area (Å²) in [7, 11) is 0. The molecule has 1 fully saturated rings. The van der Waals surface area contributed by atoms with Crippen LogP contribution in [-0.4, -0.2) is 51.2 Å². The van der Waals surface area contributed by atoms with Crippen LogP contribution in [0.15, 0.2) is 30.6 Å². The Kier molecular flexibility index (Phi) is 3.54. The molecule has 3 aromatic rings. The first kappa shape index (κ1) is 15.2. The van der Waals surface area contributed by atoms with E-state index in [1.54, 1.807) is 20.0 Å². The number of H-pyrrole nitrogens is 1. The predicted molar refractivity (Wildman–Crippen MR) is 91.5 cm³/mol. The van der Waals surface area contributed by atoms with Crippen LogP contribution in [0.4, 0.5) is 5.82 Å². The van der Waals surface area contributed by atoms with Gasteiger partial charge in [-0.15, -0.1) is 0 Å². The second-order valence-electron chi connectivity index (χ2n) is 6.55. The number of hydrogen-bond donors (Lipinski definition) is 2. The highest BCUT2D eigenvalue weighted by molar-refractivity contribution is 5.84. The van der Waals surface area contributed by atoms with Gasteiger partial charge in [-0.1, -0.05) is 0 Å². The highest BCUT2D eigenvalue weighted by Gasteiger charge is 2.24. The third kappa shape index (κ3) is 2.55. The van der Waals surface area contributed by atoms with E-state index in [0.29, 0.717) is 13.2 Å². The summed E-state index contributed by atoms with van der Waals surface area (Å²) in [4.78, 5) is 7.06. The van der Waals surface area contributed by atoms with Crippen LogP contribution >= 0.6 is 0 Å². The van der Waals surface area contributed by atoms with Gasteiger partial charge in [0.1, 0.15) is 17.3 Å². The number of rotatable bonds is 3. The number of pyridine rings is 1.